The molecule has 1 amide bonds. The highest BCUT2D eigenvalue weighted by molar-refractivity contribution is 7.97. The lowest BCUT2D eigenvalue weighted by atomic mass is 10.2. The highest BCUT2D eigenvalue weighted by Crippen LogP contribution is 2.27. The Bertz CT molecular complexity index is 251. The normalized spacial score (nSPS) is 16.3. The van der Waals surface area contributed by atoms with E-state index in [2.05, 4.69) is 11.6 Å². The van der Waals surface area contributed by atoms with E-state index in [0.717, 1.165) is 25.7 Å². The van der Waals surface area contributed by atoms with Gasteiger partial charge in [-0.25, -0.2) is 5.84 Å². The second-order valence-electron chi connectivity index (χ2n) is 3.65. The van der Waals surface area contributed by atoms with Crippen molar-refractivity contribution in [2.75, 3.05) is 6.26 Å². The highest BCUT2D eigenvalue weighted by Gasteiger charge is 2.30. The SMILES string of the molecule is CCC/C=C(/C(=O)NSC)N(N)C1CC1. The maximum Gasteiger partial charge on any atom is 0.278 e. The topological polar surface area (TPSA) is 58.4 Å². The van der Waals surface area contributed by atoms with Gasteiger partial charge >= 0.3 is 0 Å². The molecule has 1 aliphatic carbocycles. The predicted molar refractivity (Wildman–Crippen MR) is 63.7 cm³/mol. The van der Waals surface area contributed by atoms with Crippen LogP contribution in [-0.2, 0) is 4.79 Å². The van der Waals surface area contributed by atoms with Gasteiger partial charge in [0.15, 0.2) is 0 Å². The molecule has 1 aliphatic rings. The van der Waals surface area contributed by atoms with Crippen molar-refractivity contribution in [1.29, 1.82) is 0 Å². The van der Waals surface area contributed by atoms with Gasteiger partial charge in [0.1, 0.15) is 5.70 Å². The number of hydrogen-bond donors (Lipinski definition) is 2. The minimum atomic E-state index is -0.0923. The van der Waals surface area contributed by atoms with Crippen LogP contribution >= 0.6 is 11.9 Å². The van der Waals surface area contributed by atoms with Crippen molar-refractivity contribution >= 4 is 17.9 Å². The van der Waals surface area contributed by atoms with Gasteiger partial charge in [0.2, 0.25) is 0 Å². The van der Waals surface area contributed by atoms with Crippen LogP contribution in [0.15, 0.2) is 11.8 Å². The first-order valence-corrected chi connectivity index (χ1v) is 6.50. The van der Waals surface area contributed by atoms with Crippen molar-refractivity contribution in [3.8, 4) is 0 Å². The third-order valence-electron chi connectivity index (χ3n) is 2.27. The third kappa shape index (κ3) is 3.76. The van der Waals surface area contributed by atoms with Crippen LogP contribution in [0.25, 0.3) is 0 Å². The molecule has 0 unspecified atom stereocenters. The fraction of sp³-hybridized carbons (Fsp3) is 0.700. The monoisotopic (exact) mass is 229 g/mol. The van der Waals surface area contributed by atoms with Crippen molar-refractivity contribution in [2.45, 2.75) is 38.6 Å². The summed E-state index contributed by atoms with van der Waals surface area (Å²) in [7, 11) is 0. The Hall–Kier alpha value is -0.680. The molecule has 0 atom stereocenters. The van der Waals surface area contributed by atoms with Crippen LogP contribution < -0.4 is 10.6 Å². The lowest BCUT2D eigenvalue weighted by molar-refractivity contribution is -0.117. The molecule has 5 heteroatoms. The molecule has 0 spiro atoms. The van der Waals surface area contributed by atoms with Gasteiger partial charge < -0.3 is 5.01 Å². The number of carbonyl (C=O) groups excluding carboxylic acids is 1. The zero-order chi connectivity index (χ0) is 11.3. The second-order valence-corrected chi connectivity index (χ2v) is 4.26. The zero-order valence-corrected chi connectivity index (χ0v) is 10.1. The number of hydrogen-bond acceptors (Lipinski definition) is 4. The average Bonchev–Trinajstić information content (AvgIpc) is 3.01. The number of allylic oxidation sites excluding steroid dienone is 1. The van der Waals surface area contributed by atoms with Gasteiger partial charge in [0.25, 0.3) is 5.91 Å². The molecule has 1 rings (SSSR count). The molecule has 0 aromatic heterocycles. The third-order valence-corrected chi connectivity index (χ3v) is 2.66. The summed E-state index contributed by atoms with van der Waals surface area (Å²) in [5, 5.41) is 1.61. The molecule has 0 aliphatic heterocycles. The smallest absolute Gasteiger partial charge is 0.278 e. The van der Waals surface area contributed by atoms with Crippen LogP contribution in [0.5, 0.6) is 0 Å². The fourth-order valence-electron chi connectivity index (χ4n) is 1.29. The van der Waals surface area contributed by atoms with Gasteiger partial charge in [0, 0.05) is 12.3 Å². The summed E-state index contributed by atoms with van der Waals surface area (Å²) >= 11 is 1.30. The largest absolute Gasteiger partial charge is 0.303 e. The van der Waals surface area contributed by atoms with Crippen LogP contribution in [0.2, 0.25) is 0 Å². The molecular weight excluding hydrogens is 210 g/mol. The fourth-order valence-corrected chi connectivity index (χ4v) is 1.58. The number of nitrogens with one attached hydrogen (secondary N) is 1. The summed E-state index contributed by atoms with van der Waals surface area (Å²) in [5.74, 6) is 5.80. The van der Waals surface area contributed by atoms with Gasteiger partial charge in [-0.2, -0.15) is 0 Å². The summed E-state index contributed by atoms with van der Waals surface area (Å²) in [6.45, 7) is 2.08. The molecule has 0 heterocycles. The Morgan fingerprint density at radius 2 is 2.33 bits per heavy atom. The summed E-state index contributed by atoms with van der Waals surface area (Å²) in [6, 6.07) is 0.362. The maximum atomic E-state index is 11.7. The summed E-state index contributed by atoms with van der Waals surface area (Å²) in [5.41, 5.74) is 0.605. The van der Waals surface area contributed by atoms with Crippen LogP contribution in [0.1, 0.15) is 32.6 Å². The van der Waals surface area contributed by atoms with E-state index in [-0.39, 0.29) is 5.91 Å². The summed E-state index contributed by atoms with van der Waals surface area (Å²) in [4.78, 5) is 11.7. The molecule has 0 saturated heterocycles. The van der Waals surface area contributed by atoms with Crippen molar-refractivity contribution in [3.05, 3.63) is 11.8 Å². The molecule has 4 nitrogen and oxygen atoms in total. The van der Waals surface area contributed by atoms with E-state index >= 15 is 0 Å². The van der Waals surface area contributed by atoms with Gasteiger partial charge in [-0.1, -0.05) is 31.4 Å². The number of carbonyl (C=O) groups is 1. The highest BCUT2D eigenvalue weighted by atomic mass is 32.2. The summed E-state index contributed by atoms with van der Waals surface area (Å²) in [6.07, 6.45) is 7.84. The first-order valence-electron chi connectivity index (χ1n) is 5.28. The molecular formula is C10H19N3OS. The number of rotatable bonds is 6. The maximum absolute atomic E-state index is 11.7. The minimum absolute atomic E-state index is 0.0923. The number of nitrogens with zero attached hydrogens (tertiary/aromatic N) is 1. The van der Waals surface area contributed by atoms with Crippen LogP contribution in [0.3, 0.4) is 0 Å². The zero-order valence-electron chi connectivity index (χ0n) is 9.32. The standard InChI is InChI=1S/C10H19N3OS/c1-3-4-5-9(10(14)12-15-2)13(11)8-6-7-8/h5,8H,3-4,6-7,11H2,1-2H3,(H,12,14)/b9-5-. The van der Waals surface area contributed by atoms with Gasteiger partial charge in [0.05, 0.1) is 0 Å². The first kappa shape index (κ1) is 12.4. The van der Waals surface area contributed by atoms with Gasteiger partial charge in [-0.15, -0.1) is 0 Å². The predicted octanol–water partition coefficient (Wildman–Crippen LogP) is 1.40. The van der Waals surface area contributed by atoms with Crippen LogP contribution in [0, 0.1) is 0 Å². The first-order chi connectivity index (χ1) is 7.20. The quantitative estimate of drug-likeness (QED) is 0.313. The molecule has 0 bridgehead atoms. The lowest BCUT2D eigenvalue weighted by Crippen LogP contribution is -2.38. The van der Waals surface area contributed by atoms with E-state index in [9.17, 15) is 4.79 Å². The molecule has 0 radical (unpaired) electrons. The van der Waals surface area contributed by atoms with Gasteiger partial charge in [-0.3, -0.25) is 9.52 Å². The van der Waals surface area contributed by atoms with E-state index in [1.807, 2.05) is 12.3 Å². The number of amides is 1. The Labute approximate surface area is 95.4 Å². The van der Waals surface area contributed by atoms with Crippen molar-refractivity contribution in [2.24, 2.45) is 5.84 Å². The van der Waals surface area contributed by atoms with E-state index in [1.54, 1.807) is 5.01 Å². The van der Waals surface area contributed by atoms with E-state index in [4.69, 9.17) is 5.84 Å². The number of unbranched alkanes of at least 4 members (excludes halogenated alkanes) is 1. The Balaban J connectivity index is 2.62. The summed E-state index contributed by atoms with van der Waals surface area (Å²) < 4.78 is 2.71. The van der Waals surface area contributed by atoms with E-state index in [0.29, 0.717) is 11.7 Å². The molecule has 1 fully saturated rings. The minimum Gasteiger partial charge on any atom is -0.303 e. The van der Waals surface area contributed by atoms with Crippen molar-refractivity contribution in [1.82, 2.24) is 9.73 Å². The number of nitrogens with two attached hydrogens (primary N) is 1. The second kappa shape index (κ2) is 6.02. The van der Waals surface area contributed by atoms with Crippen LogP contribution in [-0.4, -0.2) is 23.2 Å². The van der Waals surface area contributed by atoms with Crippen molar-refractivity contribution < 1.29 is 4.79 Å². The Morgan fingerprint density at radius 3 is 2.80 bits per heavy atom. The van der Waals surface area contributed by atoms with E-state index in [1.165, 1.54) is 11.9 Å². The van der Waals surface area contributed by atoms with E-state index < -0.39 is 0 Å². The van der Waals surface area contributed by atoms with Crippen molar-refractivity contribution in [3.63, 3.8) is 0 Å². The van der Waals surface area contributed by atoms with Crippen LogP contribution in [0.4, 0.5) is 0 Å². The average molecular weight is 229 g/mol. The number of hydrazine groups is 1. The molecule has 1 saturated carbocycles. The molecule has 0 aromatic carbocycles. The molecule has 15 heavy (non-hydrogen) atoms. The molecule has 0 aromatic rings. The Morgan fingerprint density at radius 1 is 1.67 bits per heavy atom. The van der Waals surface area contributed by atoms with Gasteiger partial charge in [-0.05, 0) is 19.3 Å². The Kier molecular flexibility index (Phi) is 4.98. The molecule has 86 valence electrons. The lowest BCUT2D eigenvalue weighted by Gasteiger charge is -2.20. The molecule has 3 N–H and O–H groups in total.